The summed E-state index contributed by atoms with van der Waals surface area (Å²) in [5, 5.41) is 2.99. The Hall–Kier alpha value is -2.11. The highest BCUT2D eigenvalue weighted by Gasteiger charge is 2.32. The minimum absolute atomic E-state index is 0.224. The van der Waals surface area contributed by atoms with E-state index in [-0.39, 0.29) is 5.75 Å². The van der Waals surface area contributed by atoms with E-state index < -0.39 is 6.36 Å². The summed E-state index contributed by atoms with van der Waals surface area (Å²) in [7, 11) is 0. The van der Waals surface area contributed by atoms with Gasteiger partial charge >= 0.3 is 6.36 Å². The number of aromatic nitrogens is 1. The lowest BCUT2D eigenvalue weighted by Crippen LogP contribution is -2.18. The number of para-hydroxylation sites is 2. The molecule has 0 saturated carbocycles. The summed E-state index contributed by atoms with van der Waals surface area (Å²) in [5.41, 5.74) is 1.33. The van der Waals surface area contributed by atoms with Crippen LogP contribution < -0.4 is 10.1 Å². The third-order valence-electron chi connectivity index (χ3n) is 2.96. The van der Waals surface area contributed by atoms with Gasteiger partial charge < -0.3 is 14.6 Å². The van der Waals surface area contributed by atoms with E-state index >= 15 is 0 Å². The zero-order valence-corrected chi connectivity index (χ0v) is 11.7. The molecule has 0 radical (unpaired) electrons. The fourth-order valence-corrected chi connectivity index (χ4v) is 2.08. The van der Waals surface area contributed by atoms with Crippen molar-refractivity contribution in [1.29, 1.82) is 0 Å². The number of aryl methyl sites for hydroxylation is 1. The van der Waals surface area contributed by atoms with E-state index in [1.165, 1.54) is 12.1 Å². The second-order valence-corrected chi connectivity index (χ2v) is 4.59. The number of benzene rings is 1. The maximum Gasteiger partial charge on any atom is 0.573 e. The molecule has 0 spiro atoms. The van der Waals surface area contributed by atoms with Gasteiger partial charge in [-0.2, -0.15) is 0 Å². The highest BCUT2D eigenvalue weighted by Crippen LogP contribution is 2.30. The van der Waals surface area contributed by atoms with Gasteiger partial charge in [-0.3, -0.25) is 0 Å². The van der Waals surface area contributed by atoms with Crippen LogP contribution in [0.3, 0.4) is 0 Å². The van der Waals surface area contributed by atoms with Crippen molar-refractivity contribution in [2.24, 2.45) is 0 Å². The molecule has 114 valence electrons. The highest BCUT2D eigenvalue weighted by atomic mass is 19.4. The van der Waals surface area contributed by atoms with Crippen LogP contribution in [0.5, 0.6) is 5.75 Å². The summed E-state index contributed by atoms with van der Waals surface area (Å²) < 4.78 is 43.1. The molecule has 1 aromatic carbocycles. The number of halogens is 3. The molecular formula is C15H17F3N2O. The molecule has 3 nitrogen and oxygen atoms in total. The summed E-state index contributed by atoms with van der Waals surface area (Å²) >= 11 is 0. The monoisotopic (exact) mass is 298 g/mol. The lowest BCUT2D eigenvalue weighted by molar-refractivity contribution is -0.274. The van der Waals surface area contributed by atoms with Gasteiger partial charge in [0.05, 0.1) is 12.2 Å². The molecule has 2 rings (SSSR count). The molecule has 0 unspecified atom stereocenters. The molecule has 0 aliphatic rings. The van der Waals surface area contributed by atoms with E-state index in [0.29, 0.717) is 12.2 Å². The maximum absolute atomic E-state index is 12.3. The number of ether oxygens (including phenoxy) is 1. The van der Waals surface area contributed by atoms with E-state index in [0.717, 1.165) is 18.7 Å². The highest BCUT2D eigenvalue weighted by molar-refractivity contribution is 5.56. The van der Waals surface area contributed by atoms with Crippen LogP contribution >= 0.6 is 0 Å². The zero-order valence-electron chi connectivity index (χ0n) is 11.7. The summed E-state index contributed by atoms with van der Waals surface area (Å²) in [6, 6.07) is 9.89. The van der Waals surface area contributed by atoms with Gasteiger partial charge in [-0.1, -0.05) is 19.1 Å². The van der Waals surface area contributed by atoms with Gasteiger partial charge in [-0.15, -0.1) is 13.2 Å². The minimum Gasteiger partial charge on any atom is -0.404 e. The smallest absolute Gasteiger partial charge is 0.404 e. The van der Waals surface area contributed by atoms with Crippen LogP contribution in [0.2, 0.25) is 0 Å². The molecule has 0 amide bonds. The maximum atomic E-state index is 12.3. The molecule has 0 aliphatic heterocycles. The molecular weight excluding hydrogens is 281 g/mol. The minimum atomic E-state index is -4.69. The average Bonchev–Trinajstić information content (AvgIpc) is 2.84. The fraction of sp³-hybridized carbons (Fsp3) is 0.333. The normalized spacial score (nSPS) is 11.4. The predicted octanol–water partition coefficient (Wildman–Crippen LogP) is 4.41. The Morgan fingerprint density at radius 1 is 1.14 bits per heavy atom. The van der Waals surface area contributed by atoms with Crippen molar-refractivity contribution in [1.82, 2.24) is 4.57 Å². The predicted molar refractivity (Wildman–Crippen MR) is 75.2 cm³/mol. The lowest BCUT2D eigenvalue weighted by atomic mass is 10.3. The van der Waals surface area contributed by atoms with E-state index in [4.69, 9.17) is 0 Å². The van der Waals surface area contributed by atoms with E-state index in [2.05, 4.69) is 21.5 Å². The first-order valence-electron chi connectivity index (χ1n) is 6.72. The molecule has 0 fully saturated rings. The third-order valence-corrected chi connectivity index (χ3v) is 2.96. The zero-order chi connectivity index (χ0) is 15.3. The molecule has 6 heteroatoms. The van der Waals surface area contributed by atoms with E-state index in [1.807, 2.05) is 18.3 Å². The fourth-order valence-electron chi connectivity index (χ4n) is 2.08. The molecule has 1 N–H and O–H groups in total. The van der Waals surface area contributed by atoms with E-state index in [9.17, 15) is 13.2 Å². The molecule has 0 bridgehead atoms. The molecule has 1 aromatic heterocycles. The van der Waals surface area contributed by atoms with Gasteiger partial charge in [-0.05, 0) is 30.7 Å². The van der Waals surface area contributed by atoms with Gasteiger partial charge in [0.15, 0.2) is 5.75 Å². The van der Waals surface area contributed by atoms with Gasteiger partial charge in [0.1, 0.15) is 0 Å². The van der Waals surface area contributed by atoms with Crippen molar-refractivity contribution >= 4 is 5.69 Å². The van der Waals surface area contributed by atoms with E-state index in [1.54, 1.807) is 12.1 Å². The Bertz CT molecular complexity index is 578. The van der Waals surface area contributed by atoms with Crippen LogP contribution in [0.1, 0.15) is 19.0 Å². The standard InChI is InChI=1S/C15H17F3N2O/c1-2-9-20-10-5-6-12(20)11-19-13-7-3-4-8-14(13)21-15(16,17)18/h3-8,10,19H,2,9,11H2,1H3. The number of rotatable bonds is 6. The van der Waals surface area contributed by atoms with Crippen molar-refractivity contribution < 1.29 is 17.9 Å². The second kappa shape index (κ2) is 6.56. The Kier molecular flexibility index (Phi) is 4.77. The van der Waals surface area contributed by atoms with Crippen molar-refractivity contribution in [3.05, 3.63) is 48.3 Å². The van der Waals surface area contributed by atoms with Crippen LogP contribution in [0.15, 0.2) is 42.6 Å². The van der Waals surface area contributed by atoms with Gasteiger partial charge in [-0.25, -0.2) is 0 Å². The molecule has 0 atom stereocenters. The molecule has 1 heterocycles. The topological polar surface area (TPSA) is 26.2 Å². The van der Waals surface area contributed by atoms with Crippen LogP contribution in [0.4, 0.5) is 18.9 Å². The largest absolute Gasteiger partial charge is 0.573 e. The first-order valence-corrected chi connectivity index (χ1v) is 6.72. The second-order valence-electron chi connectivity index (χ2n) is 4.59. The number of nitrogens with zero attached hydrogens (tertiary/aromatic N) is 1. The summed E-state index contributed by atoms with van der Waals surface area (Å²) in [5.74, 6) is -0.224. The van der Waals surface area contributed by atoms with Crippen LogP contribution in [-0.2, 0) is 13.1 Å². The van der Waals surface area contributed by atoms with Crippen molar-refractivity contribution in [2.45, 2.75) is 32.8 Å². The molecule has 0 saturated heterocycles. The van der Waals surface area contributed by atoms with Crippen LogP contribution in [0, 0.1) is 0 Å². The van der Waals surface area contributed by atoms with Crippen molar-refractivity contribution in [3.8, 4) is 5.75 Å². The third kappa shape index (κ3) is 4.44. The lowest BCUT2D eigenvalue weighted by Gasteiger charge is -2.15. The van der Waals surface area contributed by atoms with Crippen LogP contribution in [-0.4, -0.2) is 10.9 Å². The Labute approximate surface area is 121 Å². The quantitative estimate of drug-likeness (QED) is 0.855. The van der Waals surface area contributed by atoms with Crippen molar-refractivity contribution in [3.63, 3.8) is 0 Å². The number of hydrogen-bond acceptors (Lipinski definition) is 2. The van der Waals surface area contributed by atoms with Crippen molar-refractivity contribution in [2.75, 3.05) is 5.32 Å². The summed E-state index contributed by atoms with van der Waals surface area (Å²) in [4.78, 5) is 0. The van der Waals surface area contributed by atoms with Crippen LogP contribution in [0.25, 0.3) is 0 Å². The number of alkyl halides is 3. The molecule has 2 aromatic rings. The summed E-state index contributed by atoms with van der Waals surface area (Å²) in [6.07, 6.45) is -1.74. The Morgan fingerprint density at radius 2 is 1.90 bits per heavy atom. The Balaban J connectivity index is 2.08. The number of anilines is 1. The number of nitrogens with one attached hydrogen (secondary N) is 1. The number of hydrogen-bond donors (Lipinski definition) is 1. The first-order chi connectivity index (χ1) is 9.99. The van der Waals surface area contributed by atoms with Gasteiger partial charge in [0.25, 0.3) is 0 Å². The molecule has 21 heavy (non-hydrogen) atoms. The SMILES string of the molecule is CCCn1cccc1CNc1ccccc1OC(F)(F)F. The first kappa shape index (κ1) is 15.3. The average molecular weight is 298 g/mol. The summed E-state index contributed by atoms with van der Waals surface area (Å²) in [6.45, 7) is 3.39. The van der Waals surface area contributed by atoms with Gasteiger partial charge in [0, 0.05) is 18.4 Å². The Morgan fingerprint density at radius 3 is 2.62 bits per heavy atom. The molecule has 0 aliphatic carbocycles. The van der Waals surface area contributed by atoms with Gasteiger partial charge in [0.2, 0.25) is 0 Å².